The number of nitrogens with zero attached hydrogens (tertiary/aromatic N) is 3. The van der Waals surface area contributed by atoms with Gasteiger partial charge in [-0.25, -0.2) is 27.8 Å². The highest BCUT2D eigenvalue weighted by Crippen LogP contribution is 2.33. The summed E-state index contributed by atoms with van der Waals surface area (Å²) in [5.74, 6) is -0.314. The fraction of sp³-hybridized carbons (Fsp3) is 0.222. The Morgan fingerprint density at radius 2 is 1.77 bits per heavy atom. The minimum absolute atomic E-state index is 0.0104. The van der Waals surface area contributed by atoms with Crippen LogP contribution >= 0.6 is 11.6 Å². The molecule has 1 aliphatic rings. The van der Waals surface area contributed by atoms with Crippen LogP contribution in [0, 0.1) is 5.82 Å². The van der Waals surface area contributed by atoms with Gasteiger partial charge in [-0.2, -0.15) is 0 Å². The Morgan fingerprint density at radius 1 is 0.974 bits per heavy atom. The van der Waals surface area contributed by atoms with Crippen molar-refractivity contribution >= 4 is 33.3 Å². The van der Waals surface area contributed by atoms with E-state index in [1.54, 1.807) is 36.5 Å². The van der Waals surface area contributed by atoms with Crippen LogP contribution in [0.15, 0.2) is 78.0 Å². The second kappa shape index (κ2) is 11.5. The molecule has 4 aromatic rings. The Bertz CT molecular complexity index is 1580. The van der Waals surface area contributed by atoms with E-state index in [2.05, 4.69) is 25.0 Å². The average Bonchev–Trinajstić information content (AvgIpc) is 2.92. The second-order valence-electron chi connectivity index (χ2n) is 9.16. The standard InChI is InChI=1S/C27H26ClFN6O3S/c28-21-5-1-2-6-25(21)39(36,37)35-19-11-12-24(22(29)16-19)38-26-20(4-3-14-31-26)23-13-15-32-27(34-23)33-18-9-7-17(30)8-10-18/h1-6,11-18,35H,7-10,30H2,(H,32,33,34). The van der Waals surface area contributed by atoms with E-state index < -0.39 is 15.8 Å². The summed E-state index contributed by atoms with van der Waals surface area (Å²) in [7, 11) is -4.02. The highest BCUT2D eigenvalue weighted by molar-refractivity contribution is 7.92. The van der Waals surface area contributed by atoms with E-state index in [1.165, 1.54) is 30.5 Å². The number of sulfonamides is 1. The largest absolute Gasteiger partial charge is 0.435 e. The monoisotopic (exact) mass is 568 g/mol. The number of aromatic nitrogens is 3. The Labute approximate surface area is 230 Å². The van der Waals surface area contributed by atoms with Crippen molar-refractivity contribution in [1.82, 2.24) is 15.0 Å². The predicted octanol–water partition coefficient (Wildman–Crippen LogP) is 5.61. The lowest BCUT2D eigenvalue weighted by Gasteiger charge is -2.26. The smallest absolute Gasteiger partial charge is 0.263 e. The van der Waals surface area contributed by atoms with Gasteiger partial charge in [-0.1, -0.05) is 23.7 Å². The normalized spacial score (nSPS) is 17.4. The molecule has 0 saturated heterocycles. The molecule has 0 amide bonds. The third-order valence-electron chi connectivity index (χ3n) is 6.32. The molecular weight excluding hydrogens is 543 g/mol. The highest BCUT2D eigenvalue weighted by atomic mass is 35.5. The van der Waals surface area contributed by atoms with Gasteiger partial charge in [0.05, 0.1) is 22.0 Å². The molecule has 0 bridgehead atoms. The molecule has 0 unspecified atom stereocenters. The summed E-state index contributed by atoms with van der Waals surface area (Å²) in [6.45, 7) is 0. The van der Waals surface area contributed by atoms with Gasteiger partial charge >= 0.3 is 0 Å². The zero-order valence-corrected chi connectivity index (χ0v) is 22.3. The van der Waals surface area contributed by atoms with E-state index in [0.717, 1.165) is 31.7 Å². The molecule has 0 atom stereocenters. The molecule has 2 aromatic carbocycles. The maximum Gasteiger partial charge on any atom is 0.263 e. The number of ether oxygens (including phenoxy) is 1. The van der Waals surface area contributed by atoms with Crippen LogP contribution < -0.4 is 20.5 Å². The lowest BCUT2D eigenvalue weighted by atomic mass is 9.92. The van der Waals surface area contributed by atoms with Gasteiger partial charge in [0, 0.05) is 30.5 Å². The molecule has 39 heavy (non-hydrogen) atoms. The summed E-state index contributed by atoms with van der Waals surface area (Å²) in [5, 5.41) is 3.42. The summed E-state index contributed by atoms with van der Waals surface area (Å²) < 4.78 is 48.6. The van der Waals surface area contributed by atoms with Gasteiger partial charge in [0.25, 0.3) is 10.0 Å². The average molecular weight is 569 g/mol. The van der Waals surface area contributed by atoms with Crippen molar-refractivity contribution in [3.8, 4) is 22.9 Å². The third-order valence-corrected chi connectivity index (χ3v) is 8.21. The summed E-state index contributed by atoms with van der Waals surface area (Å²) in [6, 6.07) is 15.4. The van der Waals surface area contributed by atoms with Gasteiger partial charge in [0.1, 0.15) is 4.90 Å². The number of rotatable bonds is 8. The first-order valence-electron chi connectivity index (χ1n) is 12.3. The molecule has 2 heterocycles. The van der Waals surface area contributed by atoms with Crippen molar-refractivity contribution in [3.63, 3.8) is 0 Å². The van der Waals surface area contributed by atoms with E-state index in [4.69, 9.17) is 22.1 Å². The molecule has 2 aromatic heterocycles. The molecule has 1 saturated carbocycles. The molecule has 0 radical (unpaired) electrons. The first-order valence-corrected chi connectivity index (χ1v) is 14.2. The van der Waals surface area contributed by atoms with Crippen LogP contribution in [0.1, 0.15) is 25.7 Å². The number of anilines is 2. The SMILES string of the molecule is NC1CCC(Nc2nccc(-c3cccnc3Oc3ccc(NS(=O)(=O)c4ccccc4Cl)cc3F)n2)CC1. The second-order valence-corrected chi connectivity index (χ2v) is 11.2. The van der Waals surface area contributed by atoms with Crippen molar-refractivity contribution in [2.75, 3.05) is 10.0 Å². The topological polar surface area (TPSA) is 132 Å². The van der Waals surface area contributed by atoms with Crippen LogP contribution in [0.2, 0.25) is 5.02 Å². The van der Waals surface area contributed by atoms with Crippen LogP contribution in [0.25, 0.3) is 11.3 Å². The highest BCUT2D eigenvalue weighted by Gasteiger charge is 2.21. The fourth-order valence-electron chi connectivity index (χ4n) is 4.32. The van der Waals surface area contributed by atoms with Crippen molar-refractivity contribution in [2.45, 2.75) is 42.7 Å². The van der Waals surface area contributed by atoms with Gasteiger partial charge in [-0.05, 0) is 68.1 Å². The number of halogens is 2. The van der Waals surface area contributed by atoms with Crippen LogP contribution in [-0.4, -0.2) is 35.5 Å². The summed E-state index contributed by atoms with van der Waals surface area (Å²) in [4.78, 5) is 13.1. The molecular formula is C27H26ClFN6O3S. The number of hydrogen-bond donors (Lipinski definition) is 3. The van der Waals surface area contributed by atoms with Crippen LogP contribution in [-0.2, 0) is 10.0 Å². The molecule has 1 aliphatic carbocycles. The molecule has 4 N–H and O–H groups in total. The van der Waals surface area contributed by atoms with Gasteiger partial charge in [0.2, 0.25) is 11.8 Å². The number of pyridine rings is 1. The van der Waals surface area contributed by atoms with E-state index >= 15 is 4.39 Å². The molecule has 5 rings (SSSR count). The van der Waals surface area contributed by atoms with Crippen molar-refractivity contribution in [1.29, 1.82) is 0 Å². The van der Waals surface area contributed by atoms with E-state index in [1.807, 2.05) is 0 Å². The lowest BCUT2D eigenvalue weighted by Crippen LogP contribution is -2.33. The maximum absolute atomic E-state index is 15.0. The van der Waals surface area contributed by atoms with Crippen molar-refractivity contribution in [2.24, 2.45) is 5.73 Å². The number of nitrogens with two attached hydrogens (primary N) is 1. The summed E-state index contributed by atoms with van der Waals surface area (Å²) >= 11 is 6.01. The third kappa shape index (κ3) is 6.44. The van der Waals surface area contributed by atoms with Gasteiger partial charge in [0.15, 0.2) is 11.6 Å². The van der Waals surface area contributed by atoms with Crippen molar-refractivity contribution in [3.05, 3.63) is 83.9 Å². The first kappa shape index (κ1) is 26.8. The number of nitrogens with one attached hydrogen (secondary N) is 2. The minimum Gasteiger partial charge on any atom is -0.435 e. The van der Waals surface area contributed by atoms with Crippen molar-refractivity contribution < 1.29 is 17.5 Å². The first-order chi connectivity index (χ1) is 18.8. The quantitative estimate of drug-likeness (QED) is 0.250. The van der Waals surface area contributed by atoms with Gasteiger partial charge in [-0.15, -0.1) is 0 Å². The molecule has 9 nitrogen and oxygen atoms in total. The summed E-state index contributed by atoms with van der Waals surface area (Å²) in [6.07, 6.45) is 6.94. The van der Waals surface area contributed by atoms with Crippen LogP contribution in [0.3, 0.4) is 0 Å². The lowest BCUT2D eigenvalue weighted by molar-refractivity contribution is 0.410. The van der Waals surface area contributed by atoms with Crippen LogP contribution in [0.5, 0.6) is 11.6 Å². The van der Waals surface area contributed by atoms with E-state index in [0.29, 0.717) is 17.2 Å². The fourth-order valence-corrected chi connectivity index (χ4v) is 5.89. The van der Waals surface area contributed by atoms with Crippen LogP contribution in [0.4, 0.5) is 16.0 Å². The van der Waals surface area contributed by atoms with E-state index in [9.17, 15) is 8.42 Å². The Kier molecular flexibility index (Phi) is 7.92. The molecule has 0 spiro atoms. The van der Waals surface area contributed by atoms with Gasteiger partial charge < -0.3 is 15.8 Å². The molecule has 12 heteroatoms. The predicted molar refractivity (Wildman–Crippen MR) is 148 cm³/mol. The Hall–Kier alpha value is -3.80. The maximum atomic E-state index is 15.0. The van der Waals surface area contributed by atoms with Gasteiger partial charge in [-0.3, -0.25) is 4.72 Å². The van der Waals surface area contributed by atoms with E-state index in [-0.39, 0.29) is 39.3 Å². The molecule has 1 fully saturated rings. The summed E-state index contributed by atoms with van der Waals surface area (Å²) in [5.41, 5.74) is 7.10. The number of hydrogen-bond acceptors (Lipinski definition) is 8. The Balaban J connectivity index is 1.34. The molecule has 202 valence electrons. The number of benzene rings is 2. The zero-order valence-electron chi connectivity index (χ0n) is 20.7. The molecule has 0 aliphatic heterocycles. The Morgan fingerprint density at radius 3 is 2.54 bits per heavy atom. The minimum atomic E-state index is -4.02. The zero-order chi connectivity index (χ0) is 27.4.